The predicted molar refractivity (Wildman–Crippen MR) is 148 cm³/mol. The van der Waals surface area contributed by atoms with Gasteiger partial charge in [-0.3, -0.25) is 15.0 Å². The van der Waals surface area contributed by atoms with Gasteiger partial charge in [-0.15, -0.1) is 0 Å². The molecule has 2 heterocycles. The molecule has 0 bridgehead atoms. The molecule has 0 aliphatic rings. The molecule has 1 atom stereocenters. The van der Waals surface area contributed by atoms with E-state index in [0.29, 0.717) is 46.5 Å². The SMILES string of the molecule is CC(=O)O.COc1cc(C(Nc2ccc(C(=N)N)cc2)/C(=N/N(C)c2ncccc2N)NC=O)cc(OC)n1. The Labute approximate surface area is 225 Å². The Kier molecular flexibility index (Phi) is 11.0. The van der Waals surface area contributed by atoms with E-state index in [2.05, 4.69) is 25.7 Å². The predicted octanol–water partition coefficient (Wildman–Crippen LogP) is 1.80. The van der Waals surface area contributed by atoms with Gasteiger partial charge in [0.2, 0.25) is 18.2 Å². The van der Waals surface area contributed by atoms with Crippen LogP contribution in [0.1, 0.15) is 24.1 Å². The Morgan fingerprint density at radius 2 is 1.77 bits per heavy atom. The van der Waals surface area contributed by atoms with Gasteiger partial charge in [-0.05, 0) is 42.0 Å². The number of nitrogen functional groups attached to an aromatic ring is 2. The van der Waals surface area contributed by atoms with Crippen molar-refractivity contribution < 1.29 is 24.2 Å². The molecule has 0 aliphatic heterocycles. The molecular weight excluding hydrogens is 506 g/mol. The number of amides is 1. The number of hydrazone groups is 1. The molecule has 0 saturated carbocycles. The van der Waals surface area contributed by atoms with Gasteiger partial charge in [0.05, 0.1) is 19.9 Å². The van der Waals surface area contributed by atoms with E-state index >= 15 is 0 Å². The largest absolute Gasteiger partial charge is 0.481 e. The van der Waals surface area contributed by atoms with Crippen molar-refractivity contribution >= 4 is 41.2 Å². The summed E-state index contributed by atoms with van der Waals surface area (Å²) >= 11 is 0. The number of benzene rings is 1. The van der Waals surface area contributed by atoms with Crippen LogP contribution < -0.4 is 36.6 Å². The van der Waals surface area contributed by atoms with Crippen molar-refractivity contribution in [3.05, 3.63) is 65.9 Å². The summed E-state index contributed by atoms with van der Waals surface area (Å²) in [6.45, 7) is 1.08. The number of ether oxygens (including phenoxy) is 2. The summed E-state index contributed by atoms with van der Waals surface area (Å²) in [5.74, 6) is 0.388. The van der Waals surface area contributed by atoms with E-state index in [1.807, 2.05) is 0 Å². The lowest BCUT2D eigenvalue weighted by Crippen LogP contribution is -2.35. The van der Waals surface area contributed by atoms with Crippen molar-refractivity contribution in [2.24, 2.45) is 10.8 Å². The number of hydrogen-bond donors (Lipinski definition) is 6. The first-order chi connectivity index (χ1) is 18.6. The molecule has 0 spiro atoms. The van der Waals surface area contributed by atoms with E-state index in [1.54, 1.807) is 61.8 Å². The molecule has 3 rings (SSSR count). The van der Waals surface area contributed by atoms with Crippen molar-refractivity contribution in [3.63, 3.8) is 0 Å². The van der Waals surface area contributed by atoms with E-state index in [9.17, 15) is 4.79 Å². The van der Waals surface area contributed by atoms with Gasteiger partial charge >= 0.3 is 0 Å². The van der Waals surface area contributed by atoms with Crippen LogP contribution in [0.5, 0.6) is 11.8 Å². The molecule has 1 unspecified atom stereocenters. The first kappa shape index (κ1) is 29.8. The number of carboxylic acids is 1. The number of amidine groups is 2. The minimum absolute atomic E-state index is 0.0452. The van der Waals surface area contributed by atoms with Gasteiger partial charge in [-0.25, -0.2) is 9.99 Å². The van der Waals surface area contributed by atoms with Gasteiger partial charge in [0.1, 0.15) is 11.9 Å². The fraction of sp³-hybridized carbons (Fsp3) is 0.200. The van der Waals surface area contributed by atoms with Crippen LogP contribution in [0.3, 0.4) is 0 Å². The second kappa shape index (κ2) is 14.4. The minimum atomic E-state index is -0.833. The summed E-state index contributed by atoms with van der Waals surface area (Å²) in [5.41, 5.74) is 13.9. The van der Waals surface area contributed by atoms with Crippen LogP contribution in [0.4, 0.5) is 17.2 Å². The lowest BCUT2D eigenvalue weighted by molar-refractivity contribution is -0.134. The fourth-order valence-electron chi connectivity index (χ4n) is 3.22. The number of rotatable bonds is 10. The molecule has 2 aromatic heterocycles. The molecule has 8 N–H and O–H groups in total. The van der Waals surface area contributed by atoms with Gasteiger partial charge in [0.15, 0.2) is 11.7 Å². The first-order valence-electron chi connectivity index (χ1n) is 11.3. The molecule has 0 radical (unpaired) electrons. The normalized spacial score (nSPS) is 11.2. The molecule has 39 heavy (non-hydrogen) atoms. The monoisotopic (exact) mass is 537 g/mol. The number of aromatic nitrogens is 2. The third-order valence-corrected chi connectivity index (χ3v) is 4.92. The first-order valence-corrected chi connectivity index (χ1v) is 11.3. The van der Waals surface area contributed by atoms with Gasteiger partial charge in [0.25, 0.3) is 5.97 Å². The highest BCUT2D eigenvalue weighted by atomic mass is 16.5. The third kappa shape index (κ3) is 8.89. The highest BCUT2D eigenvalue weighted by Gasteiger charge is 2.23. The maximum absolute atomic E-state index is 11.6. The van der Waals surface area contributed by atoms with Crippen LogP contribution >= 0.6 is 0 Å². The number of pyridine rings is 2. The second-order valence-electron chi connectivity index (χ2n) is 7.76. The summed E-state index contributed by atoms with van der Waals surface area (Å²) in [4.78, 5) is 29.1. The van der Waals surface area contributed by atoms with E-state index in [0.717, 1.165) is 6.92 Å². The highest BCUT2D eigenvalue weighted by Crippen LogP contribution is 2.28. The Bertz CT molecular complexity index is 1290. The second-order valence-corrected chi connectivity index (χ2v) is 7.76. The Hall–Kier alpha value is -5.40. The van der Waals surface area contributed by atoms with E-state index < -0.39 is 12.0 Å². The van der Waals surface area contributed by atoms with Crippen molar-refractivity contribution in [1.29, 1.82) is 5.41 Å². The lowest BCUT2D eigenvalue weighted by atomic mass is 10.1. The summed E-state index contributed by atoms with van der Waals surface area (Å²) in [6, 6.07) is 13.1. The minimum Gasteiger partial charge on any atom is -0.481 e. The molecule has 1 aromatic carbocycles. The summed E-state index contributed by atoms with van der Waals surface area (Å²) in [7, 11) is 4.65. The molecular formula is C25H31N9O5. The zero-order chi connectivity index (χ0) is 28.9. The molecule has 0 aliphatic carbocycles. The van der Waals surface area contributed by atoms with Crippen molar-refractivity contribution in [1.82, 2.24) is 15.3 Å². The Balaban J connectivity index is 0.00000124. The van der Waals surface area contributed by atoms with Crippen LogP contribution in [-0.2, 0) is 9.59 Å². The molecule has 3 aromatic rings. The standard InChI is InChI=1S/C23H27N9O3.C2H4O2/c1-32(23-17(24)5-4-10-27-23)31-22(28-13-33)20(15-11-18(34-2)30-19(12-15)35-3)29-16-8-6-14(7-9-16)21(25)26;1-2(3)4/h4-13,20,29H,24H2,1-3H3,(H3,25,26)(H,28,31,33);1H3,(H,3,4). The summed E-state index contributed by atoms with van der Waals surface area (Å²) in [5, 5.41) is 27.1. The summed E-state index contributed by atoms with van der Waals surface area (Å²) < 4.78 is 10.6. The number of anilines is 3. The topological polar surface area (TPSA) is 214 Å². The Morgan fingerprint density at radius 3 is 2.26 bits per heavy atom. The number of carbonyl (C=O) groups excluding carboxylic acids is 1. The molecule has 0 saturated heterocycles. The highest BCUT2D eigenvalue weighted by molar-refractivity contribution is 5.98. The molecule has 14 heteroatoms. The number of aliphatic carboxylic acids is 1. The number of nitrogens with two attached hydrogens (primary N) is 2. The van der Waals surface area contributed by atoms with Gasteiger partial charge in [0, 0.05) is 43.6 Å². The quantitative estimate of drug-likeness (QED) is 0.0948. The van der Waals surface area contributed by atoms with Gasteiger partial charge in [-0.1, -0.05) is 0 Å². The molecule has 14 nitrogen and oxygen atoms in total. The fourth-order valence-corrected chi connectivity index (χ4v) is 3.22. The third-order valence-electron chi connectivity index (χ3n) is 4.92. The van der Waals surface area contributed by atoms with Crippen molar-refractivity contribution in [3.8, 4) is 11.8 Å². The molecule has 206 valence electrons. The zero-order valence-electron chi connectivity index (χ0n) is 21.9. The maximum atomic E-state index is 11.6. The van der Waals surface area contributed by atoms with Crippen LogP contribution in [0.25, 0.3) is 0 Å². The average Bonchev–Trinajstić information content (AvgIpc) is 2.91. The van der Waals surface area contributed by atoms with Crippen LogP contribution in [-0.4, -0.2) is 60.4 Å². The number of nitrogens with one attached hydrogen (secondary N) is 3. The number of carbonyl (C=O) groups is 2. The van der Waals surface area contributed by atoms with E-state index in [-0.39, 0.29) is 11.7 Å². The smallest absolute Gasteiger partial charge is 0.300 e. The molecule has 0 fully saturated rings. The van der Waals surface area contributed by atoms with Gasteiger partial charge < -0.3 is 36.7 Å². The molecule has 1 amide bonds. The number of methoxy groups -OCH3 is 2. The van der Waals surface area contributed by atoms with E-state index in [4.69, 9.17) is 36.3 Å². The number of nitrogens with zero attached hydrogens (tertiary/aromatic N) is 4. The van der Waals surface area contributed by atoms with Crippen LogP contribution in [0.2, 0.25) is 0 Å². The Morgan fingerprint density at radius 1 is 1.18 bits per heavy atom. The van der Waals surface area contributed by atoms with Crippen LogP contribution in [0.15, 0.2) is 59.8 Å². The number of hydrogen-bond acceptors (Lipinski definition) is 11. The van der Waals surface area contributed by atoms with Crippen molar-refractivity contribution in [2.75, 3.05) is 37.3 Å². The van der Waals surface area contributed by atoms with Crippen molar-refractivity contribution in [2.45, 2.75) is 13.0 Å². The van der Waals surface area contributed by atoms with Crippen LogP contribution in [0, 0.1) is 5.41 Å². The van der Waals surface area contributed by atoms with E-state index in [1.165, 1.54) is 19.2 Å². The maximum Gasteiger partial charge on any atom is 0.300 e. The van der Waals surface area contributed by atoms with Gasteiger partial charge in [-0.2, -0.15) is 10.1 Å². The lowest BCUT2D eigenvalue weighted by Gasteiger charge is -2.24. The average molecular weight is 538 g/mol. The zero-order valence-corrected chi connectivity index (χ0v) is 21.9. The summed E-state index contributed by atoms with van der Waals surface area (Å²) in [6.07, 6.45) is 2.12. The number of carboxylic acid groups (broad SMARTS) is 1.